The van der Waals surface area contributed by atoms with Crippen LogP contribution in [0, 0.1) is 0 Å². The van der Waals surface area contributed by atoms with Crippen LogP contribution in [0.3, 0.4) is 0 Å². The first kappa shape index (κ1) is 8.88. The van der Waals surface area contributed by atoms with Gasteiger partial charge in [-0.1, -0.05) is 0 Å². The van der Waals surface area contributed by atoms with Crippen molar-refractivity contribution in [3.8, 4) is 0 Å². The second-order valence-electron chi connectivity index (χ2n) is 3.24. The van der Waals surface area contributed by atoms with Crippen LogP contribution in [0.1, 0.15) is 6.42 Å². The molecule has 0 spiro atoms. The Kier molecular flexibility index (Phi) is 3.77. The molecule has 0 aromatic rings. The molecule has 0 saturated carbocycles. The molecule has 2 N–H and O–H groups in total. The molecule has 9 heavy (non-hydrogen) atoms. The lowest BCUT2D eigenvalue weighted by atomic mass is 10.4. The van der Waals surface area contributed by atoms with Gasteiger partial charge in [-0.15, -0.1) is 0 Å². The molecular formula is C6H17N2O+. The fraction of sp³-hybridized carbons (Fsp3) is 1.00. The number of quaternary nitrogens is 1. The van der Waals surface area contributed by atoms with E-state index in [4.69, 9.17) is 5.90 Å². The maximum absolute atomic E-state index is 4.85. The van der Waals surface area contributed by atoms with Crippen LogP contribution in [0.15, 0.2) is 0 Å². The Morgan fingerprint density at radius 1 is 1.33 bits per heavy atom. The quantitative estimate of drug-likeness (QED) is 0.254. The molecule has 0 radical (unpaired) electrons. The Morgan fingerprint density at radius 3 is 2.22 bits per heavy atom. The van der Waals surface area contributed by atoms with E-state index in [-0.39, 0.29) is 0 Å². The predicted octanol–water partition coefficient (Wildman–Crippen LogP) is -0.0270. The molecule has 0 aromatic heterocycles. The monoisotopic (exact) mass is 135 g/mol. The summed E-state index contributed by atoms with van der Waals surface area (Å²) in [7, 11) is 6.45. The predicted molar refractivity (Wildman–Crippen MR) is 37.7 cm³/mol. The van der Waals surface area contributed by atoms with Gasteiger partial charge in [0.1, 0.15) is 0 Å². The van der Waals surface area contributed by atoms with E-state index in [1.807, 2.05) is 0 Å². The van der Waals surface area contributed by atoms with Gasteiger partial charge in [0.25, 0.3) is 0 Å². The topological polar surface area (TPSA) is 35.2 Å². The lowest BCUT2D eigenvalue weighted by molar-refractivity contribution is -0.870. The molecule has 0 unspecified atom stereocenters. The van der Waals surface area contributed by atoms with Gasteiger partial charge in [-0.25, -0.2) is 5.90 Å². The smallest absolute Gasteiger partial charge is 0.0803 e. The molecule has 0 amide bonds. The Balaban J connectivity index is 3.07. The van der Waals surface area contributed by atoms with Gasteiger partial charge in [0, 0.05) is 6.42 Å². The number of rotatable bonds is 4. The average Bonchev–Trinajstić information content (AvgIpc) is 1.63. The van der Waals surface area contributed by atoms with Crippen LogP contribution < -0.4 is 5.90 Å². The van der Waals surface area contributed by atoms with E-state index >= 15 is 0 Å². The van der Waals surface area contributed by atoms with Crippen molar-refractivity contribution in [1.29, 1.82) is 0 Å². The molecule has 0 bridgehead atoms. The van der Waals surface area contributed by atoms with E-state index in [0.29, 0.717) is 6.61 Å². The fourth-order valence-corrected chi connectivity index (χ4v) is 0.622. The molecule has 0 saturated heterocycles. The molecule has 0 heterocycles. The zero-order chi connectivity index (χ0) is 7.33. The van der Waals surface area contributed by atoms with Crippen molar-refractivity contribution in [2.75, 3.05) is 34.3 Å². The van der Waals surface area contributed by atoms with Gasteiger partial charge in [-0.2, -0.15) is 0 Å². The largest absolute Gasteiger partial charge is 0.331 e. The third kappa shape index (κ3) is 7.88. The van der Waals surface area contributed by atoms with Crippen LogP contribution in [0.2, 0.25) is 0 Å². The van der Waals surface area contributed by atoms with Crippen LogP contribution in [-0.4, -0.2) is 38.8 Å². The summed E-state index contributed by atoms with van der Waals surface area (Å²) < 4.78 is 0.976. The number of hydrogen-bond acceptors (Lipinski definition) is 2. The lowest BCUT2D eigenvalue weighted by Crippen LogP contribution is -2.35. The van der Waals surface area contributed by atoms with Crippen molar-refractivity contribution in [2.45, 2.75) is 6.42 Å². The molecule has 0 aliphatic carbocycles. The van der Waals surface area contributed by atoms with Gasteiger partial charge in [0.2, 0.25) is 0 Å². The van der Waals surface area contributed by atoms with E-state index in [9.17, 15) is 0 Å². The maximum Gasteiger partial charge on any atom is 0.0803 e. The van der Waals surface area contributed by atoms with Crippen molar-refractivity contribution in [3.05, 3.63) is 0 Å². The van der Waals surface area contributed by atoms with Crippen molar-refractivity contribution in [1.82, 2.24) is 0 Å². The normalized spacial score (nSPS) is 12.0. The molecule has 0 fully saturated rings. The molecular weight excluding hydrogens is 118 g/mol. The Labute approximate surface area is 56.9 Å². The summed E-state index contributed by atoms with van der Waals surface area (Å²) >= 11 is 0. The number of hydrogen-bond donors (Lipinski definition) is 1. The summed E-state index contributed by atoms with van der Waals surface area (Å²) in [5.41, 5.74) is 0. The highest BCUT2D eigenvalue weighted by Crippen LogP contribution is 1.91. The minimum absolute atomic E-state index is 0.662. The average molecular weight is 135 g/mol. The Bertz CT molecular complexity index is 67.9. The minimum atomic E-state index is 0.662. The second kappa shape index (κ2) is 3.82. The third-order valence-electron chi connectivity index (χ3n) is 1.09. The van der Waals surface area contributed by atoms with Crippen LogP contribution >= 0.6 is 0 Å². The van der Waals surface area contributed by atoms with Gasteiger partial charge in [-0.05, 0) is 0 Å². The zero-order valence-electron chi connectivity index (χ0n) is 6.55. The summed E-state index contributed by atoms with van der Waals surface area (Å²) in [5.74, 6) is 4.85. The molecule has 0 aromatic carbocycles. The van der Waals surface area contributed by atoms with Crippen molar-refractivity contribution in [2.24, 2.45) is 5.90 Å². The lowest BCUT2D eigenvalue weighted by Gasteiger charge is -2.23. The van der Waals surface area contributed by atoms with Crippen LogP contribution in [0.5, 0.6) is 0 Å². The number of nitrogens with zero attached hydrogens (tertiary/aromatic N) is 1. The summed E-state index contributed by atoms with van der Waals surface area (Å²) in [6.45, 7) is 1.77. The molecule has 3 nitrogen and oxygen atoms in total. The second-order valence-corrected chi connectivity index (χ2v) is 3.24. The van der Waals surface area contributed by atoms with Gasteiger partial charge < -0.3 is 9.32 Å². The van der Waals surface area contributed by atoms with E-state index in [2.05, 4.69) is 26.0 Å². The molecule has 56 valence electrons. The minimum Gasteiger partial charge on any atom is -0.331 e. The van der Waals surface area contributed by atoms with Crippen LogP contribution in [-0.2, 0) is 4.84 Å². The van der Waals surface area contributed by atoms with Crippen molar-refractivity contribution in [3.63, 3.8) is 0 Å². The summed E-state index contributed by atoms with van der Waals surface area (Å²) in [5, 5.41) is 0. The molecule has 0 rings (SSSR count). The van der Waals surface area contributed by atoms with E-state index in [1.165, 1.54) is 0 Å². The van der Waals surface area contributed by atoms with E-state index in [1.54, 1.807) is 0 Å². The van der Waals surface area contributed by atoms with E-state index in [0.717, 1.165) is 17.4 Å². The van der Waals surface area contributed by atoms with Crippen molar-refractivity contribution >= 4 is 0 Å². The first-order valence-electron chi connectivity index (χ1n) is 3.18. The van der Waals surface area contributed by atoms with Crippen molar-refractivity contribution < 1.29 is 9.32 Å². The van der Waals surface area contributed by atoms with Gasteiger partial charge >= 0.3 is 0 Å². The standard InChI is InChI=1S/C6H17N2O/c1-8(2,3)5-4-6-9-7/h4-7H2,1-3H3/q+1/i1+1,2+1. The molecule has 0 aliphatic heterocycles. The van der Waals surface area contributed by atoms with Gasteiger partial charge in [0.05, 0.1) is 34.3 Å². The SMILES string of the molecule is C[N+]([13CH3])([13CH3])CCCON. The molecule has 0 aliphatic rings. The summed E-state index contributed by atoms with van der Waals surface area (Å²) in [6, 6.07) is 0. The summed E-state index contributed by atoms with van der Waals surface area (Å²) in [4.78, 5) is 4.43. The molecule has 0 atom stereocenters. The Hall–Kier alpha value is -0.120. The maximum atomic E-state index is 4.85. The fourth-order valence-electron chi connectivity index (χ4n) is 0.622. The first-order chi connectivity index (χ1) is 4.06. The highest BCUT2D eigenvalue weighted by molar-refractivity contribution is 4.30. The van der Waals surface area contributed by atoms with Gasteiger partial charge in [-0.3, -0.25) is 0 Å². The highest BCUT2D eigenvalue weighted by atomic mass is 16.6. The summed E-state index contributed by atoms with van der Waals surface area (Å²) in [6.07, 6.45) is 1.03. The van der Waals surface area contributed by atoms with E-state index < -0.39 is 0 Å². The van der Waals surface area contributed by atoms with Gasteiger partial charge in [0.15, 0.2) is 0 Å². The molecule has 3 heteroatoms. The zero-order valence-corrected chi connectivity index (χ0v) is 6.55. The van der Waals surface area contributed by atoms with Crippen LogP contribution in [0.25, 0.3) is 0 Å². The first-order valence-corrected chi connectivity index (χ1v) is 3.18. The Morgan fingerprint density at radius 2 is 1.89 bits per heavy atom. The third-order valence-corrected chi connectivity index (χ3v) is 1.09. The van der Waals surface area contributed by atoms with Crippen LogP contribution in [0.4, 0.5) is 0 Å². The highest BCUT2D eigenvalue weighted by Gasteiger charge is 2.04. The number of nitrogens with two attached hydrogens (primary N) is 1.